The van der Waals surface area contributed by atoms with E-state index in [0.717, 1.165) is 23.3 Å². The van der Waals surface area contributed by atoms with Crippen LogP contribution in [0.5, 0.6) is 5.75 Å². The monoisotopic (exact) mass is 404 g/mol. The van der Waals surface area contributed by atoms with Crippen molar-refractivity contribution in [3.05, 3.63) is 102 Å². The van der Waals surface area contributed by atoms with E-state index in [2.05, 4.69) is 91.6 Å². The van der Waals surface area contributed by atoms with Crippen LogP contribution in [0.3, 0.4) is 0 Å². The molecule has 0 aliphatic heterocycles. The Morgan fingerprint density at radius 3 is 1.97 bits per heavy atom. The molecule has 0 N–H and O–H groups in total. The number of hydrogen-bond acceptors (Lipinski definition) is 1. The van der Waals surface area contributed by atoms with Gasteiger partial charge in [0.15, 0.2) is 0 Å². The van der Waals surface area contributed by atoms with Crippen molar-refractivity contribution in [2.75, 3.05) is 7.11 Å². The number of aryl methyl sites for hydroxylation is 1. The van der Waals surface area contributed by atoms with E-state index in [1.807, 2.05) is 12.1 Å². The fraction of sp³-hybridized carbons (Fsp3) is 0.200. The average molecular weight is 405 g/mol. The van der Waals surface area contributed by atoms with Crippen molar-refractivity contribution in [1.82, 2.24) is 0 Å². The van der Waals surface area contributed by atoms with Gasteiger partial charge in [0.25, 0.3) is 0 Å². The zero-order chi connectivity index (χ0) is 21.5. The highest BCUT2D eigenvalue weighted by atomic mass is 16.5. The van der Waals surface area contributed by atoms with Crippen molar-refractivity contribution in [1.29, 1.82) is 0 Å². The van der Waals surface area contributed by atoms with E-state index in [1.165, 1.54) is 46.7 Å². The Morgan fingerprint density at radius 2 is 1.26 bits per heavy atom. The zero-order valence-corrected chi connectivity index (χ0v) is 18.3. The maximum absolute atomic E-state index is 5.23. The molecule has 0 saturated heterocycles. The highest BCUT2D eigenvalue weighted by Crippen LogP contribution is 2.23. The number of benzene rings is 4. The van der Waals surface area contributed by atoms with Crippen molar-refractivity contribution >= 4 is 10.8 Å². The molecule has 0 saturated carbocycles. The highest BCUT2D eigenvalue weighted by Gasteiger charge is 2.00. The third-order valence-electron chi connectivity index (χ3n) is 5.63. The molecule has 0 aliphatic rings. The number of methoxy groups -OCH3 is 1. The maximum Gasteiger partial charge on any atom is 0.118 e. The van der Waals surface area contributed by atoms with Crippen molar-refractivity contribution in [2.45, 2.75) is 32.6 Å². The standard InChI is InChI=1S/C30H28O/c1-3-4-5-6-24-11-15-29-22-25(12-16-28(29)21-24)8-7-23-9-13-26(14-10-23)27-17-19-30(31-2)20-18-27/h9-22H,3-6H2,1-2H3. The van der Waals surface area contributed by atoms with Gasteiger partial charge in [-0.15, -0.1) is 0 Å². The van der Waals surface area contributed by atoms with Gasteiger partial charge in [-0.2, -0.15) is 0 Å². The fourth-order valence-corrected chi connectivity index (χ4v) is 3.78. The summed E-state index contributed by atoms with van der Waals surface area (Å²) in [5, 5.41) is 2.55. The van der Waals surface area contributed by atoms with Crippen molar-refractivity contribution in [3.63, 3.8) is 0 Å². The summed E-state index contributed by atoms with van der Waals surface area (Å²) < 4.78 is 5.23. The predicted molar refractivity (Wildman–Crippen MR) is 132 cm³/mol. The first-order valence-corrected chi connectivity index (χ1v) is 11.0. The van der Waals surface area contributed by atoms with Crippen LogP contribution in [-0.4, -0.2) is 7.11 Å². The molecule has 0 spiro atoms. The van der Waals surface area contributed by atoms with Crippen LogP contribution < -0.4 is 4.74 Å². The summed E-state index contributed by atoms with van der Waals surface area (Å²) in [6, 6.07) is 29.8. The fourth-order valence-electron chi connectivity index (χ4n) is 3.78. The first kappa shape index (κ1) is 20.8. The van der Waals surface area contributed by atoms with Crippen molar-refractivity contribution in [3.8, 4) is 28.7 Å². The minimum absolute atomic E-state index is 0.870. The average Bonchev–Trinajstić information content (AvgIpc) is 2.83. The number of ether oxygens (including phenoxy) is 1. The second-order valence-electron chi connectivity index (χ2n) is 7.91. The van der Waals surface area contributed by atoms with E-state index in [0.29, 0.717) is 0 Å². The topological polar surface area (TPSA) is 9.23 Å². The lowest BCUT2D eigenvalue weighted by molar-refractivity contribution is 0.415. The Labute approximate surface area is 185 Å². The van der Waals surface area contributed by atoms with Crippen LogP contribution in [0.4, 0.5) is 0 Å². The molecule has 4 rings (SSSR count). The third-order valence-corrected chi connectivity index (χ3v) is 5.63. The molecule has 4 aromatic rings. The number of rotatable bonds is 6. The lowest BCUT2D eigenvalue weighted by Gasteiger charge is -2.04. The normalized spacial score (nSPS) is 10.5. The summed E-state index contributed by atoms with van der Waals surface area (Å²) in [7, 11) is 1.68. The summed E-state index contributed by atoms with van der Waals surface area (Å²) in [5.41, 5.74) is 5.84. The van der Waals surface area contributed by atoms with Gasteiger partial charge in [0.05, 0.1) is 7.11 Å². The molecular weight excluding hydrogens is 376 g/mol. The zero-order valence-electron chi connectivity index (χ0n) is 18.3. The van der Waals surface area contributed by atoms with Gasteiger partial charge < -0.3 is 4.74 Å². The van der Waals surface area contributed by atoms with E-state index in [9.17, 15) is 0 Å². The van der Waals surface area contributed by atoms with Crippen LogP contribution in [0.1, 0.15) is 42.9 Å². The summed E-state index contributed by atoms with van der Waals surface area (Å²) in [5.74, 6) is 7.49. The first-order chi connectivity index (χ1) is 15.2. The summed E-state index contributed by atoms with van der Waals surface area (Å²) in [6.07, 6.45) is 4.99. The molecule has 154 valence electrons. The Balaban J connectivity index is 1.47. The Morgan fingerprint density at radius 1 is 0.645 bits per heavy atom. The molecule has 0 bridgehead atoms. The molecule has 0 aliphatic carbocycles. The molecule has 0 atom stereocenters. The summed E-state index contributed by atoms with van der Waals surface area (Å²) >= 11 is 0. The van der Waals surface area contributed by atoms with E-state index in [1.54, 1.807) is 7.11 Å². The summed E-state index contributed by atoms with van der Waals surface area (Å²) in [4.78, 5) is 0. The van der Waals surface area contributed by atoms with Crippen LogP contribution >= 0.6 is 0 Å². The van der Waals surface area contributed by atoms with Gasteiger partial charge in [-0.05, 0) is 76.7 Å². The van der Waals surface area contributed by atoms with Gasteiger partial charge in [0.1, 0.15) is 5.75 Å². The summed E-state index contributed by atoms with van der Waals surface area (Å²) in [6.45, 7) is 2.25. The molecule has 0 heterocycles. The third kappa shape index (κ3) is 5.36. The van der Waals surface area contributed by atoms with Crippen LogP contribution in [0.15, 0.2) is 84.9 Å². The maximum atomic E-state index is 5.23. The highest BCUT2D eigenvalue weighted by molar-refractivity contribution is 5.84. The number of unbranched alkanes of at least 4 members (excludes halogenated alkanes) is 2. The predicted octanol–water partition coefficient (Wildman–Crippen LogP) is 7.65. The molecular formula is C30H28O. The first-order valence-electron chi connectivity index (χ1n) is 11.0. The number of fused-ring (bicyclic) bond motifs is 1. The second kappa shape index (κ2) is 10.0. The lowest BCUT2D eigenvalue weighted by Crippen LogP contribution is -1.86. The van der Waals surface area contributed by atoms with Crippen LogP contribution in [-0.2, 0) is 6.42 Å². The minimum atomic E-state index is 0.870. The van der Waals surface area contributed by atoms with Gasteiger partial charge in [-0.25, -0.2) is 0 Å². The minimum Gasteiger partial charge on any atom is -0.497 e. The second-order valence-corrected chi connectivity index (χ2v) is 7.91. The molecule has 0 amide bonds. The lowest BCUT2D eigenvalue weighted by atomic mass is 10.0. The molecule has 31 heavy (non-hydrogen) atoms. The van der Waals surface area contributed by atoms with Crippen molar-refractivity contribution in [2.24, 2.45) is 0 Å². The molecule has 1 heteroatoms. The molecule has 0 radical (unpaired) electrons. The van der Waals surface area contributed by atoms with Gasteiger partial charge >= 0.3 is 0 Å². The Hall–Kier alpha value is -3.50. The van der Waals surface area contributed by atoms with Gasteiger partial charge in [0.2, 0.25) is 0 Å². The van der Waals surface area contributed by atoms with E-state index >= 15 is 0 Å². The molecule has 0 fully saturated rings. The Kier molecular flexibility index (Phi) is 6.70. The SMILES string of the molecule is CCCCCc1ccc2cc(C#Cc3ccc(-c4ccc(OC)cc4)cc3)ccc2c1. The largest absolute Gasteiger partial charge is 0.497 e. The van der Waals surface area contributed by atoms with Gasteiger partial charge in [-0.3, -0.25) is 0 Å². The van der Waals surface area contributed by atoms with Crippen LogP contribution in [0.25, 0.3) is 21.9 Å². The van der Waals surface area contributed by atoms with Crippen LogP contribution in [0.2, 0.25) is 0 Å². The van der Waals surface area contributed by atoms with E-state index in [-0.39, 0.29) is 0 Å². The van der Waals surface area contributed by atoms with E-state index < -0.39 is 0 Å². The van der Waals surface area contributed by atoms with Gasteiger partial charge in [-0.1, -0.05) is 80.1 Å². The van der Waals surface area contributed by atoms with Crippen molar-refractivity contribution < 1.29 is 4.74 Å². The quantitative estimate of drug-likeness (QED) is 0.237. The molecule has 0 unspecified atom stereocenters. The smallest absolute Gasteiger partial charge is 0.118 e. The molecule has 1 nitrogen and oxygen atoms in total. The van der Waals surface area contributed by atoms with Gasteiger partial charge in [0, 0.05) is 11.1 Å². The molecule has 4 aromatic carbocycles. The van der Waals surface area contributed by atoms with Crippen LogP contribution in [0, 0.1) is 11.8 Å². The molecule has 0 aromatic heterocycles. The Bertz CT molecular complexity index is 1210. The van der Waals surface area contributed by atoms with E-state index in [4.69, 9.17) is 4.74 Å². The number of hydrogen-bond donors (Lipinski definition) is 0.